The highest BCUT2D eigenvalue weighted by Crippen LogP contribution is 2.40. The van der Waals surface area contributed by atoms with Crippen LogP contribution in [0.25, 0.3) is 10.8 Å². The third-order valence-corrected chi connectivity index (χ3v) is 13.3. The number of hydrogen-bond donors (Lipinski definition) is 3. The van der Waals surface area contributed by atoms with Crippen LogP contribution in [-0.2, 0) is 31.9 Å². The monoisotopic (exact) mass is 872 g/mol. The smallest absolute Gasteiger partial charge is 0.323 e. The van der Waals surface area contributed by atoms with Crippen LogP contribution in [0.1, 0.15) is 56.9 Å². The summed E-state index contributed by atoms with van der Waals surface area (Å²) in [6.45, 7) is 8.46. The van der Waals surface area contributed by atoms with Gasteiger partial charge < -0.3 is 29.7 Å². The molecular formula is C45H56N6O8S2. The van der Waals surface area contributed by atoms with Gasteiger partial charge in [-0.15, -0.1) is 0 Å². The first kappa shape index (κ1) is 45.1. The molecule has 61 heavy (non-hydrogen) atoms. The average molecular weight is 873 g/mol. The Hall–Kier alpha value is -5.42. The molecule has 0 radical (unpaired) electrons. The van der Waals surface area contributed by atoms with E-state index in [-0.39, 0.29) is 33.2 Å². The van der Waals surface area contributed by atoms with Gasteiger partial charge in [0.05, 0.1) is 37.5 Å². The Labute approximate surface area is 359 Å². The topological polar surface area (TPSA) is 168 Å². The maximum absolute atomic E-state index is 13.6. The molecule has 1 saturated heterocycles. The molecule has 0 atom stereocenters. The van der Waals surface area contributed by atoms with Crippen LogP contribution < -0.4 is 29.6 Å². The van der Waals surface area contributed by atoms with Gasteiger partial charge in [-0.25, -0.2) is 25.9 Å². The molecule has 6 rings (SSSR count). The van der Waals surface area contributed by atoms with E-state index in [1.165, 1.54) is 18.5 Å². The number of ether oxygens (including phenoxy) is 3. The number of benzene rings is 4. The number of methoxy groups -OCH3 is 2. The van der Waals surface area contributed by atoms with Gasteiger partial charge in [0, 0.05) is 48.7 Å². The zero-order chi connectivity index (χ0) is 44.1. The third kappa shape index (κ3) is 11.3. The number of aromatic nitrogens is 1. The number of likely N-dealkylation sites (tertiary alicyclic amines) is 1. The molecule has 1 aromatic heterocycles. The standard InChI is InChI=1S/C45H56N6O8S2/c1-45(2,3)32-27-38(43(58-7)39(28-32)49-60(8,53)54)48-44(52)47-37-14-15-40(36-12-10-9-11-35(36)37)59-34-17-21-46-33(29-34)25-31-13-16-42(41(26-31)57-6)61(55,56)51(5)24-20-30-18-22-50(4)23-19-30/h9-17,21,26-30,49H,18-20,22-25H2,1-8H3,(H2,47,48,52). The van der Waals surface area contributed by atoms with Crippen molar-refractivity contribution in [2.75, 3.05) is 69.6 Å². The highest BCUT2D eigenvalue weighted by molar-refractivity contribution is 7.92. The molecule has 14 nitrogen and oxygen atoms in total. The fraction of sp³-hybridized carbons (Fsp3) is 0.378. The lowest BCUT2D eigenvalue weighted by Crippen LogP contribution is -2.33. The molecule has 4 aromatic carbocycles. The van der Waals surface area contributed by atoms with E-state index in [1.807, 2.05) is 51.1 Å². The zero-order valence-electron chi connectivity index (χ0n) is 36.0. The van der Waals surface area contributed by atoms with Gasteiger partial charge >= 0.3 is 6.03 Å². The molecule has 1 aliphatic rings. The second-order valence-electron chi connectivity index (χ2n) is 16.6. The van der Waals surface area contributed by atoms with Gasteiger partial charge in [0.2, 0.25) is 20.0 Å². The average Bonchev–Trinajstić information content (AvgIpc) is 3.20. The summed E-state index contributed by atoms with van der Waals surface area (Å²) in [6.07, 6.45) is 6.08. The minimum Gasteiger partial charge on any atom is -0.495 e. The Kier molecular flexibility index (Phi) is 13.8. The van der Waals surface area contributed by atoms with Crippen molar-refractivity contribution in [1.29, 1.82) is 0 Å². The van der Waals surface area contributed by atoms with Crippen LogP contribution in [0.3, 0.4) is 0 Å². The third-order valence-electron chi connectivity index (χ3n) is 10.8. The number of anilines is 3. The number of urea groups is 1. The fourth-order valence-electron chi connectivity index (χ4n) is 7.39. The highest BCUT2D eigenvalue weighted by Gasteiger charge is 2.27. The van der Waals surface area contributed by atoms with Crippen LogP contribution in [-0.4, -0.2) is 91.3 Å². The number of rotatable bonds is 15. The van der Waals surface area contributed by atoms with E-state index < -0.39 is 26.1 Å². The Morgan fingerprint density at radius 2 is 1.54 bits per heavy atom. The molecule has 0 unspecified atom stereocenters. The van der Waals surface area contributed by atoms with Crippen LogP contribution in [0.4, 0.5) is 21.9 Å². The largest absolute Gasteiger partial charge is 0.495 e. The van der Waals surface area contributed by atoms with Crippen molar-refractivity contribution >= 4 is 53.9 Å². The number of sulfonamides is 2. The van der Waals surface area contributed by atoms with Crippen LogP contribution in [0.2, 0.25) is 0 Å². The summed E-state index contributed by atoms with van der Waals surface area (Å²) in [7, 11) is -0.801. The summed E-state index contributed by atoms with van der Waals surface area (Å²) in [6, 6.07) is 22.6. The Morgan fingerprint density at radius 1 is 0.852 bits per heavy atom. The maximum Gasteiger partial charge on any atom is 0.323 e. The first-order valence-electron chi connectivity index (χ1n) is 20.1. The molecule has 2 amide bonds. The van der Waals surface area contributed by atoms with Gasteiger partial charge in [0.25, 0.3) is 0 Å². The summed E-state index contributed by atoms with van der Waals surface area (Å²) >= 11 is 0. The van der Waals surface area contributed by atoms with Crippen molar-refractivity contribution in [3.63, 3.8) is 0 Å². The second kappa shape index (κ2) is 18.7. The highest BCUT2D eigenvalue weighted by atomic mass is 32.2. The summed E-state index contributed by atoms with van der Waals surface area (Å²) in [5, 5.41) is 7.23. The number of carbonyl (C=O) groups excluding carboxylic acids is 1. The van der Waals surface area contributed by atoms with Gasteiger partial charge in [-0.1, -0.05) is 51.1 Å². The summed E-state index contributed by atoms with van der Waals surface area (Å²) in [5.74, 6) is 2.04. The summed E-state index contributed by atoms with van der Waals surface area (Å²) in [4.78, 5) is 20.5. The van der Waals surface area contributed by atoms with E-state index in [0.717, 1.165) is 55.1 Å². The minimum atomic E-state index is -3.77. The van der Waals surface area contributed by atoms with E-state index in [1.54, 1.807) is 61.8 Å². The van der Waals surface area contributed by atoms with Crippen LogP contribution >= 0.6 is 0 Å². The molecule has 16 heteroatoms. The van der Waals surface area contributed by atoms with Crippen molar-refractivity contribution in [1.82, 2.24) is 14.2 Å². The SMILES string of the molecule is COc1cc(Cc2cc(Oc3ccc(NC(=O)Nc4cc(C(C)(C)C)cc(NS(C)(=O)=O)c4OC)c4ccccc34)ccn2)ccc1S(=O)(=O)N(C)CCC1CCN(C)CC1. The van der Waals surface area contributed by atoms with Gasteiger partial charge in [-0.05, 0) is 104 Å². The van der Waals surface area contributed by atoms with Gasteiger partial charge in [0.1, 0.15) is 22.1 Å². The van der Waals surface area contributed by atoms with Crippen molar-refractivity contribution < 1.29 is 35.8 Å². The molecule has 0 saturated carbocycles. The summed E-state index contributed by atoms with van der Waals surface area (Å²) < 4.78 is 73.2. The first-order chi connectivity index (χ1) is 28.8. The molecule has 1 aliphatic heterocycles. The normalized spacial score (nSPS) is 14.2. The molecule has 5 aromatic rings. The van der Waals surface area contributed by atoms with Crippen LogP contribution in [0, 0.1) is 5.92 Å². The van der Waals surface area contributed by atoms with Crippen LogP contribution in [0.15, 0.2) is 90.0 Å². The Bertz CT molecular complexity index is 2610. The lowest BCUT2D eigenvalue weighted by molar-refractivity contribution is 0.207. The molecule has 0 bridgehead atoms. The molecular weight excluding hydrogens is 817 g/mol. The zero-order valence-corrected chi connectivity index (χ0v) is 37.7. The molecule has 2 heterocycles. The van der Waals surface area contributed by atoms with E-state index in [2.05, 4.69) is 32.3 Å². The van der Waals surface area contributed by atoms with Gasteiger partial charge in [-0.2, -0.15) is 0 Å². The molecule has 326 valence electrons. The van der Waals surface area contributed by atoms with E-state index in [4.69, 9.17) is 14.2 Å². The van der Waals surface area contributed by atoms with Crippen molar-refractivity contribution in [2.24, 2.45) is 5.92 Å². The maximum atomic E-state index is 13.6. The number of nitrogens with zero attached hydrogens (tertiary/aromatic N) is 3. The molecule has 0 spiro atoms. The van der Waals surface area contributed by atoms with Gasteiger partial charge in [0.15, 0.2) is 5.75 Å². The predicted molar refractivity (Wildman–Crippen MR) is 242 cm³/mol. The number of carbonyl (C=O) groups is 1. The van der Waals surface area contributed by atoms with Crippen molar-refractivity contribution in [3.8, 4) is 23.0 Å². The van der Waals surface area contributed by atoms with E-state index in [0.29, 0.717) is 47.2 Å². The van der Waals surface area contributed by atoms with Crippen LogP contribution in [0.5, 0.6) is 23.0 Å². The lowest BCUT2D eigenvalue weighted by atomic mass is 9.86. The summed E-state index contributed by atoms with van der Waals surface area (Å²) in [5.41, 5.74) is 2.93. The number of fused-ring (bicyclic) bond motifs is 1. The van der Waals surface area contributed by atoms with Crippen molar-refractivity contribution in [2.45, 2.75) is 56.8 Å². The quantitative estimate of drug-likeness (QED) is 0.0931. The molecule has 3 N–H and O–H groups in total. The van der Waals surface area contributed by atoms with Crippen molar-refractivity contribution in [3.05, 3.63) is 102 Å². The number of pyridine rings is 1. The van der Waals surface area contributed by atoms with E-state index >= 15 is 0 Å². The number of piperidine rings is 1. The number of hydrogen-bond acceptors (Lipinski definition) is 10. The Balaban J connectivity index is 1.16. The Morgan fingerprint density at radius 3 is 2.21 bits per heavy atom. The number of amides is 2. The number of nitrogens with one attached hydrogen (secondary N) is 3. The minimum absolute atomic E-state index is 0.127. The van der Waals surface area contributed by atoms with E-state index in [9.17, 15) is 21.6 Å². The van der Waals surface area contributed by atoms with Gasteiger partial charge in [-0.3, -0.25) is 9.71 Å². The fourth-order valence-corrected chi connectivity index (χ4v) is 9.26. The molecule has 1 fully saturated rings. The second-order valence-corrected chi connectivity index (χ2v) is 20.3. The predicted octanol–water partition coefficient (Wildman–Crippen LogP) is 8.30. The lowest BCUT2D eigenvalue weighted by Gasteiger charge is -2.30. The first-order valence-corrected chi connectivity index (χ1v) is 23.4. The molecule has 0 aliphatic carbocycles.